The zero-order chi connectivity index (χ0) is 17.5. The molecule has 0 atom stereocenters. The summed E-state index contributed by atoms with van der Waals surface area (Å²) >= 11 is 0. The van der Waals surface area contributed by atoms with Crippen LogP contribution in [0.4, 0.5) is 13.2 Å². The van der Waals surface area contributed by atoms with Crippen LogP contribution in [0, 0.1) is 0 Å². The minimum Gasteiger partial charge on any atom is -0.493 e. The SMILES string of the molecule is C=CC(=O)OCCCOc1ccc(OS(=O)(=O)C(F)(F)F)cc1. The van der Waals surface area contributed by atoms with Gasteiger partial charge in [-0.2, -0.15) is 21.6 Å². The Morgan fingerprint density at radius 1 is 1.13 bits per heavy atom. The number of carbonyl (C=O) groups is 1. The van der Waals surface area contributed by atoms with Crippen molar-refractivity contribution < 1.29 is 40.0 Å². The molecule has 0 spiro atoms. The van der Waals surface area contributed by atoms with Crippen LogP contribution < -0.4 is 8.92 Å². The summed E-state index contributed by atoms with van der Waals surface area (Å²) in [4.78, 5) is 10.7. The molecule has 1 aromatic rings. The van der Waals surface area contributed by atoms with Gasteiger partial charge in [0.2, 0.25) is 0 Å². The number of esters is 1. The largest absolute Gasteiger partial charge is 0.534 e. The molecule has 0 aliphatic rings. The predicted molar refractivity (Wildman–Crippen MR) is 73.3 cm³/mol. The number of ether oxygens (including phenoxy) is 2. The Morgan fingerprint density at radius 3 is 2.22 bits per heavy atom. The third kappa shape index (κ3) is 6.19. The van der Waals surface area contributed by atoms with Crippen molar-refractivity contribution in [3.8, 4) is 11.5 Å². The predicted octanol–water partition coefficient (Wildman–Crippen LogP) is 2.41. The average molecular weight is 354 g/mol. The molecule has 1 rings (SSSR count). The minimum atomic E-state index is -5.70. The van der Waals surface area contributed by atoms with Gasteiger partial charge in [-0.15, -0.1) is 0 Å². The van der Waals surface area contributed by atoms with Crippen molar-refractivity contribution in [1.29, 1.82) is 0 Å². The van der Waals surface area contributed by atoms with Gasteiger partial charge in [0.1, 0.15) is 11.5 Å². The second-order valence-electron chi connectivity index (χ2n) is 4.03. The second kappa shape index (κ2) is 7.86. The maximum atomic E-state index is 12.1. The van der Waals surface area contributed by atoms with Gasteiger partial charge >= 0.3 is 21.6 Å². The molecule has 0 aliphatic carbocycles. The van der Waals surface area contributed by atoms with Gasteiger partial charge in [-0.1, -0.05) is 6.58 Å². The first-order valence-corrected chi connectivity index (χ1v) is 7.59. The summed E-state index contributed by atoms with van der Waals surface area (Å²) in [6, 6.07) is 4.54. The summed E-state index contributed by atoms with van der Waals surface area (Å²) in [6.45, 7) is 3.53. The molecule has 0 bridgehead atoms. The number of carbonyl (C=O) groups excluding carboxylic acids is 1. The fourth-order valence-electron chi connectivity index (χ4n) is 1.25. The minimum absolute atomic E-state index is 0.121. The highest BCUT2D eigenvalue weighted by Crippen LogP contribution is 2.27. The average Bonchev–Trinajstić information content (AvgIpc) is 2.46. The number of alkyl halides is 3. The van der Waals surface area contributed by atoms with Crippen molar-refractivity contribution >= 4 is 16.1 Å². The quantitative estimate of drug-likeness (QED) is 0.235. The van der Waals surface area contributed by atoms with Gasteiger partial charge < -0.3 is 13.7 Å². The summed E-state index contributed by atoms with van der Waals surface area (Å²) in [6.07, 6.45) is 1.41. The summed E-state index contributed by atoms with van der Waals surface area (Å²) in [5.74, 6) is -0.760. The first-order chi connectivity index (χ1) is 10.7. The molecule has 0 saturated heterocycles. The Morgan fingerprint density at radius 2 is 1.70 bits per heavy atom. The second-order valence-corrected chi connectivity index (χ2v) is 5.57. The van der Waals surface area contributed by atoms with Gasteiger partial charge in [0.15, 0.2) is 0 Å². The van der Waals surface area contributed by atoms with E-state index in [1.54, 1.807) is 0 Å². The van der Waals surface area contributed by atoms with E-state index in [0.29, 0.717) is 6.42 Å². The van der Waals surface area contributed by atoms with Gasteiger partial charge in [0, 0.05) is 12.5 Å². The van der Waals surface area contributed by atoms with Crippen LogP contribution in [0.3, 0.4) is 0 Å². The van der Waals surface area contributed by atoms with Crippen LogP contribution in [0.2, 0.25) is 0 Å². The number of rotatable bonds is 8. The van der Waals surface area contributed by atoms with Crippen molar-refractivity contribution in [2.45, 2.75) is 11.9 Å². The third-order valence-electron chi connectivity index (χ3n) is 2.28. The van der Waals surface area contributed by atoms with E-state index in [9.17, 15) is 26.4 Å². The Bertz CT molecular complexity index is 637. The fourth-order valence-corrected chi connectivity index (χ4v) is 1.70. The molecular weight excluding hydrogens is 341 g/mol. The molecule has 23 heavy (non-hydrogen) atoms. The zero-order valence-corrected chi connectivity index (χ0v) is 12.5. The lowest BCUT2D eigenvalue weighted by Gasteiger charge is -2.10. The Labute approximate surface area is 130 Å². The standard InChI is InChI=1S/C13H13F3O6S/c1-2-12(17)21-9-3-8-20-10-4-6-11(7-5-10)22-23(18,19)13(14,15)16/h2,4-7H,1,3,8-9H2. The molecule has 128 valence electrons. The van der Waals surface area contributed by atoms with Crippen LogP contribution in [-0.4, -0.2) is 33.1 Å². The van der Waals surface area contributed by atoms with Crippen LogP contribution in [0.5, 0.6) is 11.5 Å². The van der Waals surface area contributed by atoms with E-state index in [4.69, 9.17) is 9.47 Å². The Balaban J connectivity index is 2.45. The fraction of sp³-hybridized carbons (Fsp3) is 0.308. The van der Waals surface area contributed by atoms with Gasteiger partial charge in [-0.05, 0) is 24.3 Å². The first-order valence-electron chi connectivity index (χ1n) is 6.18. The topological polar surface area (TPSA) is 78.9 Å². The van der Waals surface area contributed by atoms with Crippen LogP contribution in [0.25, 0.3) is 0 Å². The van der Waals surface area contributed by atoms with Crippen LogP contribution in [0.15, 0.2) is 36.9 Å². The van der Waals surface area contributed by atoms with Crippen molar-refractivity contribution in [1.82, 2.24) is 0 Å². The Hall–Kier alpha value is -2.23. The molecule has 0 fully saturated rings. The molecule has 0 heterocycles. The first kappa shape index (κ1) is 18.8. The zero-order valence-electron chi connectivity index (χ0n) is 11.7. The van der Waals surface area contributed by atoms with E-state index >= 15 is 0 Å². The number of halogens is 3. The van der Waals surface area contributed by atoms with E-state index in [-0.39, 0.29) is 19.0 Å². The maximum absolute atomic E-state index is 12.1. The molecule has 10 heteroatoms. The van der Waals surface area contributed by atoms with E-state index in [1.807, 2.05) is 0 Å². The van der Waals surface area contributed by atoms with E-state index in [0.717, 1.165) is 18.2 Å². The van der Waals surface area contributed by atoms with Gasteiger partial charge in [-0.25, -0.2) is 4.79 Å². The highest BCUT2D eigenvalue weighted by Gasteiger charge is 2.48. The summed E-state index contributed by atoms with van der Waals surface area (Å²) in [5.41, 5.74) is -5.49. The smallest absolute Gasteiger partial charge is 0.493 e. The molecule has 0 amide bonds. The molecule has 6 nitrogen and oxygen atoms in total. The lowest BCUT2D eigenvalue weighted by Crippen LogP contribution is -2.28. The lowest BCUT2D eigenvalue weighted by molar-refractivity contribution is -0.137. The number of hydrogen-bond donors (Lipinski definition) is 0. The van der Waals surface area contributed by atoms with Crippen molar-refractivity contribution in [3.05, 3.63) is 36.9 Å². The summed E-state index contributed by atoms with van der Waals surface area (Å²) in [7, 11) is -5.70. The lowest BCUT2D eigenvalue weighted by atomic mass is 10.3. The molecule has 0 N–H and O–H groups in total. The van der Waals surface area contributed by atoms with Crippen molar-refractivity contribution in [2.75, 3.05) is 13.2 Å². The Kier molecular flexibility index (Phi) is 6.43. The van der Waals surface area contributed by atoms with Gasteiger partial charge in [0.05, 0.1) is 13.2 Å². The highest BCUT2D eigenvalue weighted by molar-refractivity contribution is 7.87. The molecule has 0 saturated carbocycles. The number of benzene rings is 1. The summed E-state index contributed by atoms with van der Waals surface area (Å²) in [5, 5.41) is 0. The summed E-state index contributed by atoms with van der Waals surface area (Å²) < 4.78 is 71.9. The van der Waals surface area contributed by atoms with Crippen LogP contribution in [0.1, 0.15) is 6.42 Å². The van der Waals surface area contributed by atoms with E-state index in [1.165, 1.54) is 12.1 Å². The molecule has 0 unspecified atom stereocenters. The molecule has 0 aliphatic heterocycles. The highest BCUT2D eigenvalue weighted by atomic mass is 32.2. The van der Waals surface area contributed by atoms with Crippen molar-refractivity contribution in [2.24, 2.45) is 0 Å². The normalized spacial score (nSPS) is 11.6. The van der Waals surface area contributed by atoms with Gasteiger partial charge in [-0.3, -0.25) is 0 Å². The number of hydrogen-bond acceptors (Lipinski definition) is 6. The van der Waals surface area contributed by atoms with Crippen LogP contribution >= 0.6 is 0 Å². The third-order valence-corrected chi connectivity index (χ3v) is 3.26. The molecule has 0 aromatic heterocycles. The molecule has 1 aromatic carbocycles. The van der Waals surface area contributed by atoms with Gasteiger partial charge in [0.25, 0.3) is 0 Å². The van der Waals surface area contributed by atoms with E-state index < -0.39 is 27.3 Å². The molecular formula is C13H13F3O6S. The van der Waals surface area contributed by atoms with Crippen molar-refractivity contribution in [3.63, 3.8) is 0 Å². The molecule has 0 radical (unpaired) electrons. The van der Waals surface area contributed by atoms with Crippen LogP contribution in [-0.2, 0) is 19.6 Å². The monoisotopic (exact) mass is 354 g/mol. The van der Waals surface area contributed by atoms with E-state index in [2.05, 4.69) is 10.8 Å². The maximum Gasteiger partial charge on any atom is 0.534 e.